The van der Waals surface area contributed by atoms with Crippen LogP contribution in [-0.4, -0.2) is 11.9 Å². The van der Waals surface area contributed by atoms with Gasteiger partial charge in [0.1, 0.15) is 5.70 Å². The van der Waals surface area contributed by atoms with E-state index in [0.29, 0.717) is 5.70 Å². The molecule has 0 atom stereocenters. The Bertz CT molecular complexity index is 483. The maximum absolute atomic E-state index is 11.3. The van der Waals surface area contributed by atoms with E-state index < -0.39 is 6.03 Å². The van der Waals surface area contributed by atoms with Crippen molar-refractivity contribution in [1.29, 1.82) is 0 Å². The van der Waals surface area contributed by atoms with Crippen LogP contribution in [-0.2, 0) is 4.79 Å². The van der Waals surface area contributed by atoms with Gasteiger partial charge in [-0.05, 0) is 36.6 Å². The number of hydrogen-bond acceptors (Lipinski definition) is 2. The zero-order chi connectivity index (χ0) is 11.7. The normalized spacial score (nSPS) is 17.5. The summed E-state index contributed by atoms with van der Waals surface area (Å²) < 4.78 is 0. The molecule has 2 rings (SSSR count). The summed E-state index contributed by atoms with van der Waals surface area (Å²) >= 11 is 0. The number of hydrogen-bond donors (Lipinski definition) is 2. The van der Waals surface area contributed by atoms with Gasteiger partial charge in [-0.15, -0.1) is 0 Å². The molecule has 1 heterocycles. The molecule has 3 amide bonds. The van der Waals surface area contributed by atoms with Crippen LogP contribution >= 0.6 is 0 Å². The summed E-state index contributed by atoms with van der Waals surface area (Å²) in [6, 6.07) is 5.42. The fraction of sp³-hybridized carbons (Fsp3) is 0.167. The van der Waals surface area contributed by atoms with E-state index in [1.807, 2.05) is 32.0 Å². The first kappa shape index (κ1) is 10.4. The van der Waals surface area contributed by atoms with E-state index in [9.17, 15) is 9.59 Å². The summed E-state index contributed by atoms with van der Waals surface area (Å²) in [5.41, 5.74) is 3.40. The van der Waals surface area contributed by atoms with Crippen LogP contribution in [0.15, 0.2) is 23.9 Å². The van der Waals surface area contributed by atoms with Crippen LogP contribution in [0.25, 0.3) is 6.08 Å². The van der Waals surface area contributed by atoms with Crippen molar-refractivity contribution in [2.24, 2.45) is 0 Å². The van der Waals surface area contributed by atoms with Crippen LogP contribution in [0, 0.1) is 13.8 Å². The maximum Gasteiger partial charge on any atom is 0.326 e. The molecule has 1 aliphatic heterocycles. The smallest absolute Gasteiger partial charge is 0.303 e. The Morgan fingerprint density at radius 1 is 1.06 bits per heavy atom. The molecule has 0 aromatic heterocycles. The van der Waals surface area contributed by atoms with Crippen molar-refractivity contribution in [3.05, 3.63) is 40.6 Å². The molecule has 1 aromatic rings. The van der Waals surface area contributed by atoms with Crippen molar-refractivity contribution in [1.82, 2.24) is 10.6 Å². The Morgan fingerprint density at radius 3 is 2.19 bits per heavy atom. The summed E-state index contributed by atoms with van der Waals surface area (Å²) in [5, 5.41) is 4.64. The van der Waals surface area contributed by atoms with E-state index in [4.69, 9.17) is 0 Å². The molecule has 1 aliphatic rings. The molecule has 4 heteroatoms. The fourth-order valence-electron chi connectivity index (χ4n) is 1.68. The van der Waals surface area contributed by atoms with E-state index in [-0.39, 0.29) is 5.91 Å². The highest BCUT2D eigenvalue weighted by Crippen LogP contribution is 2.17. The average Bonchev–Trinajstić information content (AvgIpc) is 2.51. The standard InChI is InChI=1S/C12H12N2O2/c1-7-4-3-5-8(2)9(7)6-10-11(15)14-12(16)13-10/h3-6H,1-2H3,(H2,13,14,15,16)/b10-6-. The predicted octanol–water partition coefficient (Wildman–Crippen LogP) is 1.48. The van der Waals surface area contributed by atoms with Crippen molar-refractivity contribution in [3.63, 3.8) is 0 Å². The molecule has 0 radical (unpaired) electrons. The molecule has 0 aliphatic carbocycles. The molecule has 0 unspecified atom stereocenters. The van der Waals surface area contributed by atoms with E-state index in [0.717, 1.165) is 16.7 Å². The Balaban J connectivity index is 2.44. The zero-order valence-electron chi connectivity index (χ0n) is 9.13. The highest BCUT2D eigenvalue weighted by molar-refractivity contribution is 6.14. The van der Waals surface area contributed by atoms with Crippen molar-refractivity contribution < 1.29 is 9.59 Å². The topological polar surface area (TPSA) is 58.2 Å². The highest BCUT2D eigenvalue weighted by Gasteiger charge is 2.23. The van der Waals surface area contributed by atoms with E-state index in [2.05, 4.69) is 10.6 Å². The van der Waals surface area contributed by atoms with E-state index in [1.54, 1.807) is 6.08 Å². The molecule has 1 fully saturated rings. The van der Waals surface area contributed by atoms with Crippen LogP contribution < -0.4 is 10.6 Å². The van der Waals surface area contributed by atoms with Crippen LogP contribution in [0.1, 0.15) is 16.7 Å². The molecule has 2 N–H and O–H groups in total. The lowest BCUT2D eigenvalue weighted by Crippen LogP contribution is -2.22. The summed E-state index contributed by atoms with van der Waals surface area (Å²) in [6.07, 6.45) is 1.70. The van der Waals surface area contributed by atoms with Crippen molar-refractivity contribution in [2.45, 2.75) is 13.8 Å². The van der Waals surface area contributed by atoms with E-state index >= 15 is 0 Å². The number of carbonyl (C=O) groups excluding carboxylic acids is 2. The van der Waals surface area contributed by atoms with Crippen LogP contribution in [0.5, 0.6) is 0 Å². The highest BCUT2D eigenvalue weighted by atomic mass is 16.2. The monoisotopic (exact) mass is 216 g/mol. The molecule has 82 valence electrons. The van der Waals surface area contributed by atoms with Gasteiger partial charge >= 0.3 is 6.03 Å². The van der Waals surface area contributed by atoms with Crippen LogP contribution in [0.3, 0.4) is 0 Å². The van der Waals surface area contributed by atoms with Crippen LogP contribution in [0.2, 0.25) is 0 Å². The quantitative estimate of drug-likeness (QED) is 0.552. The minimum Gasteiger partial charge on any atom is -0.303 e. The van der Waals surface area contributed by atoms with Gasteiger partial charge in [-0.3, -0.25) is 10.1 Å². The van der Waals surface area contributed by atoms with Crippen LogP contribution in [0.4, 0.5) is 4.79 Å². The van der Waals surface area contributed by atoms with Gasteiger partial charge in [0.25, 0.3) is 5.91 Å². The average molecular weight is 216 g/mol. The third-order valence-corrected chi connectivity index (χ3v) is 2.55. The number of imide groups is 1. The second-order valence-electron chi connectivity index (χ2n) is 3.77. The molecule has 0 spiro atoms. The van der Waals surface area contributed by atoms with Gasteiger partial charge in [-0.1, -0.05) is 18.2 Å². The second kappa shape index (κ2) is 3.81. The van der Waals surface area contributed by atoms with Crippen molar-refractivity contribution in [2.75, 3.05) is 0 Å². The van der Waals surface area contributed by atoms with Gasteiger partial charge in [-0.25, -0.2) is 4.79 Å². The Morgan fingerprint density at radius 2 is 1.69 bits per heavy atom. The number of benzene rings is 1. The number of aryl methyl sites for hydroxylation is 2. The molecule has 4 nitrogen and oxygen atoms in total. The third-order valence-electron chi connectivity index (χ3n) is 2.55. The SMILES string of the molecule is Cc1cccc(C)c1/C=C1\NC(=O)NC1=O. The maximum atomic E-state index is 11.3. The largest absolute Gasteiger partial charge is 0.326 e. The van der Waals surface area contributed by atoms with E-state index in [1.165, 1.54) is 0 Å². The molecule has 16 heavy (non-hydrogen) atoms. The first-order valence-electron chi connectivity index (χ1n) is 4.98. The van der Waals surface area contributed by atoms with Crippen molar-refractivity contribution >= 4 is 18.0 Å². The number of rotatable bonds is 1. The first-order valence-corrected chi connectivity index (χ1v) is 4.98. The van der Waals surface area contributed by atoms with Gasteiger partial charge in [0, 0.05) is 0 Å². The minimum absolute atomic E-state index is 0.294. The Hall–Kier alpha value is -2.10. The lowest BCUT2D eigenvalue weighted by Gasteiger charge is -2.05. The summed E-state index contributed by atoms with van der Waals surface area (Å²) in [5.74, 6) is -0.382. The molecular formula is C12H12N2O2. The van der Waals surface area contributed by atoms with Gasteiger partial charge in [0.15, 0.2) is 0 Å². The van der Waals surface area contributed by atoms with Gasteiger partial charge in [0.05, 0.1) is 0 Å². The lowest BCUT2D eigenvalue weighted by molar-refractivity contribution is -0.115. The number of amides is 3. The molecule has 1 saturated heterocycles. The molecular weight excluding hydrogens is 204 g/mol. The molecule has 0 saturated carbocycles. The van der Waals surface area contributed by atoms with Gasteiger partial charge < -0.3 is 5.32 Å². The zero-order valence-corrected chi connectivity index (χ0v) is 9.13. The summed E-state index contributed by atoms with van der Waals surface area (Å²) in [7, 11) is 0. The molecule has 1 aromatic carbocycles. The first-order chi connectivity index (χ1) is 7.58. The Labute approximate surface area is 93.3 Å². The lowest BCUT2D eigenvalue weighted by atomic mass is 10.0. The predicted molar refractivity (Wildman–Crippen MR) is 60.6 cm³/mol. The summed E-state index contributed by atoms with van der Waals surface area (Å²) in [6.45, 7) is 3.93. The second-order valence-corrected chi connectivity index (χ2v) is 3.77. The molecule has 0 bridgehead atoms. The van der Waals surface area contributed by atoms with Gasteiger partial charge in [-0.2, -0.15) is 0 Å². The summed E-state index contributed by atoms with van der Waals surface area (Å²) in [4.78, 5) is 22.3. The van der Waals surface area contributed by atoms with Crippen molar-refractivity contribution in [3.8, 4) is 0 Å². The Kier molecular flexibility index (Phi) is 2.48. The van der Waals surface area contributed by atoms with Gasteiger partial charge in [0.2, 0.25) is 0 Å². The number of nitrogens with one attached hydrogen (secondary N) is 2. The fourth-order valence-corrected chi connectivity index (χ4v) is 1.68. The number of carbonyl (C=O) groups is 2. The number of urea groups is 1. The third kappa shape index (κ3) is 1.82. The minimum atomic E-state index is -0.470.